The Hall–Kier alpha value is -3.46. The highest BCUT2D eigenvalue weighted by Crippen LogP contribution is 2.32. The second kappa shape index (κ2) is 10.7. The number of benzene rings is 3. The van der Waals surface area contributed by atoms with Gasteiger partial charge in [-0.3, -0.25) is 14.5 Å². The van der Waals surface area contributed by atoms with Crippen LogP contribution in [0, 0.1) is 5.92 Å². The molecule has 198 valence electrons. The van der Waals surface area contributed by atoms with Gasteiger partial charge in [0.05, 0.1) is 19.3 Å². The molecular weight excluding hydrogens is 484 g/mol. The maximum atomic E-state index is 13.2. The lowest BCUT2D eigenvalue weighted by atomic mass is 9.91. The minimum Gasteiger partial charge on any atom is -0.486 e. The normalized spacial score (nSPS) is 20.7. The van der Waals surface area contributed by atoms with Crippen LogP contribution in [0.5, 0.6) is 11.5 Å². The van der Waals surface area contributed by atoms with E-state index < -0.39 is 6.10 Å². The first kappa shape index (κ1) is 24.9. The molecule has 1 fully saturated rings. The first-order valence-corrected chi connectivity index (χ1v) is 13.3. The SMILES string of the molecule is O=C1c2cccc3cccc(c23)C(=O)N1CC1CCN(C[C@H](O)COC[C@H]2COc3ccccc3O2)CC1. The minimum absolute atomic E-state index is 0.202. The summed E-state index contributed by atoms with van der Waals surface area (Å²) in [6.07, 6.45) is 0.921. The zero-order valence-electron chi connectivity index (χ0n) is 21.3. The lowest BCUT2D eigenvalue weighted by Crippen LogP contribution is -2.46. The number of piperidine rings is 1. The van der Waals surface area contributed by atoms with Crippen molar-refractivity contribution in [3.05, 3.63) is 71.8 Å². The molecule has 3 heterocycles. The summed E-state index contributed by atoms with van der Waals surface area (Å²) in [6, 6.07) is 18.8. The molecule has 0 saturated carbocycles. The summed E-state index contributed by atoms with van der Waals surface area (Å²) in [5.74, 6) is 1.28. The van der Waals surface area contributed by atoms with Crippen molar-refractivity contribution in [3.8, 4) is 11.5 Å². The van der Waals surface area contributed by atoms with Crippen molar-refractivity contribution in [2.24, 2.45) is 5.92 Å². The molecule has 38 heavy (non-hydrogen) atoms. The van der Waals surface area contributed by atoms with E-state index in [9.17, 15) is 14.7 Å². The van der Waals surface area contributed by atoms with Gasteiger partial charge >= 0.3 is 0 Å². The van der Waals surface area contributed by atoms with Crippen LogP contribution in [0.25, 0.3) is 10.8 Å². The minimum atomic E-state index is -0.606. The van der Waals surface area contributed by atoms with Gasteiger partial charge in [-0.05, 0) is 61.5 Å². The number of imide groups is 1. The number of likely N-dealkylation sites (tertiary alicyclic amines) is 1. The molecule has 1 saturated heterocycles. The summed E-state index contributed by atoms with van der Waals surface area (Å²) in [7, 11) is 0. The van der Waals surface area contributed by atoms with Gasteiger partial charge in [0.15, 0.2) is 17.6 Å². The van der Waals surface area contributed by atoms with Crippen molar-refractivity contribution in [1.29, 1.82) is 0 Å². The Morgan fingerprint density at radius 2 is 1.61 bits per heavy atom. The van der Waals surface area contributed by atoms with Gasteiger partial charge in [0.2, 0.25) is 0 Å². The van der Waals surface area contributed by atoms with Gasteiger partial charge in [0.1, 0.15) is 6.61 Å². The third kappa shape index (κ3) is 4.99. The van der Waals surface area contributed by atoms with Crippen molar-refractivity contribution in [2.45, 2.75) is 25.0 Å². The van der Waals surface area contributed by atoms with Crippen LogP contribution in [0.1, 0.15) is 33.6 Å². The molecule has 3 aliphatic heterocycles. The fourth-order valence-electron chi connectivity index (χ4n) is 5.69. The van der Waals surface area contributed by atoms with Gasteiger partial charge in [-0.1, -0.05) is 36.4 Å². The number of carbonyl (C=O) groups is 2. The second-order valence-electron chi connectivity index (χ2n) is 10.4. The molecule has 0 bridgehead atoms. The second-order valence-corrected chi connectivity index (χ2v) is 10.4. The largest absolute Gasteiger partial charge is 0.486 e. The van der Waals surface area contributed by atoms with Gasteiger partial charge in [-0.2, -0.15) is 0 Å². The maximum absolute atomic E-state index is 13.2. The molecule has 0 aromatic heterocycles. The first-order valence-electron chi connectivity index (χ1n) is 13.3. The zero-order chi connectivity index (χ0) is 26.1. The fraction of sp³-hybridized carbons (Fsp3) is 0.400. The number of ether oxygens (including phenoxy) is 3. The topological polar surface area (TPSA) is 88.5 Å². The standard InChI is InChI=1S/C30H32N2O6/c33-22(17-36-18-23-19-37-26-9-1-2-10-27(26)38-23)16-31-13-11-20(12-14-31)15-32-29(34)24-7-3-5-21-6-4-8-25(28(21)24)30(32)35/h1-10,20,22-23,33H,11-19H2/t22-,23-/m0/s1. The summed E-state index contributed by atoms with van der Waals surface area (Å²) in [6.45, 7) is 3.55. The molecule has 3 aromatic carbocycles. The van der Waals surface area contributed by atoms with E-state index in [2.05, 4.69) is 4.90 Å². The Morgan fingerprint density at radius 1 is 0.921 bits per heavy atom. The smallest absolute Gasteiger partial charge is 0.261 e. The van der Waals surface area contributed by atoms with E-state index in [0.29, 0.717) is 43.2 Å². The molecule has 8 heteroatoms. The van der Waals surface area contributed by atoms with Crippen molar-refractivity contribution >= 4 is 22.6 Å². The van der Waals surface area contributed by atoms with Crippen LogP contribution in [0.3, 0.4) is 0 Å². The highest BCUT2D eigenvalue weighted by atomic mass is 16.6. The lowest BCUT2D eigenvalue weighted by molar-refractivity contribution is -0.0312. The van der Waals surface area contributed by atoms with E-state index in [-0.39, 0.29) is 30.4 Å². The predicted octanol–water partition coefficient (Wildman–Crippen LogP) is 3.37. The number of para-hydroxylation sites is 2. The Morgan fingerprint density at radius 3 is 2.32 bits per heavy atom. The number of aliphatic hydroxyl groups excluding tert-OH is 1. The van der Waals surface area contributed by atoms with Crippen LogP contribution in [0.2, 0.25) is 0 Å². The van der Waals surface area contributed by atoms with Crippen molar-refractivity contribution in [3.63, 3.8) is 0 Å². The molecule has 3 aliphatic rings. The number of hydrogen-bond donors (Lipinski definition) is 1. The van der Waals surface area contributed by atoms with Crippen molar-refractivity contribution < 1.29 is 28.9 Å². The van der Waals surface area contributed by atoms with Gasteiger partial charge in [-0.15, -0.1) is 0 Å². The molecule has 2 atom stereocenters. The summed E-state index contributed by atoms with van der Waals surface area (Å²) < 4.78 is 17.3. The van der Waals surface area contributed by atoms with Gasteiger partial charge in [0, 0.05) is 29.6 Å². The Balaban J connectivity index is 0.952. The van der Waals surface area contributed by atoms with E-state index in [0.717, 1.165) is 42.5 Å². The highest BCUT2D eigenvalue weighted by Gasteiger charge is 2.35. The van der Waals surface area contributed by atoms with E-state index in [1.54, 1.807) is 0 Å². The van der Waals surface area contributed by atoms with E-state index in [1.807, 2.05) is 60.7 Å². The monoisotopic (exact) mass is 516 g/mol. The van der Waals surface area contributed by atoms with E-state index in [4.69, 9.17) is 14.2 Å². The van der Waals surface area contributed by atoms with Crippen LogP contribution < -0.4 is 9.47 Å². The first-order chi connectivity index (χ1) is 18.6. The van der Waals surface area contributed by atoms with Crippen LogP contribution in [0.15, 0.2) is 60.7 Å². The number of carbonyl (C=O) groups excluding carboxylic acids is 2. The number of nitrogens with zero attached hydrogens (tertiary/aromatic N) is 2. The Labute approximate surface area is 221 Å². The quantitative estimate of drug-likeness (QED) is 0.460. The average Bonchev–Trinajstić information content (AvgIpc) is 2.95. The van der Waals surface area contributed by atoms with E-state index >= 15 is 0 Å². The van der Waals surface area contributed by atoms with Crippen LogP contribution in [-0.2, 0) is 4.74 Å². The van der Waals surface area contributed by atoms with Crippen LogP contribution in [-0.4, -0.2) is 84.9 Å². The molecule has 3 aromatic rings. The number of fused-ring (bicyclic) bond motifs is 1. The fourth-order valence-corrected chi connectivity index (χ4v) is 5.69. The molecule has 0 aliphatic carbocycles. The highest BCUT2D eigenvalue weighted by molar-refractivity contribution is 6.25. The Kier molecular flexibility index (Phi) is 7.02. The van der Waals surface area contributed by atoms with Gasteiger partial charge < -0.3 is 24.2 Å². The summed E-state index contributed by atoms with van der Waals surface area (Å²) in [4.78, 5) is 30.1. The van der Waals surface area contributed by atoms with Gasteiger partial charge in [0.25, 0.3) is 11.8 Å². The number of aliphatic hydroxyl groups is 1. The number of β-amino-alcohol motifs (C(OH)–C–C–N with tert-alkyl or cyclic N) is 1. The number of hydrogen-bond acceptors (Lipinski definition) is 7. The van der Waals surface area contributed by atoms with Crippen molar-refractivity contribution in [2.75, 3.05) is 46.0 Å². The Bertz CT molecular complexity index is 1280. The third-order valence-corrected chi connectivity index (χ3v) is 7.65. The molecule has 0 radical (unpaired) electrons. The average molecular weight is 517 g/mol. The summed E-state index contributed by atoms with van der Waals surface area (Å²) in [5, 5.41) is 12.2. The molecule has 6 rings (SSSR count). The summed E-state index contributed by atoms with van der Waals surface area (Å²) >= 11 is 0. The third-order valence-electron chi connectivity index (χ3n) is 7.65. The lowest BCUT2D eigenvalue weighted by Gasteiger charge is -2.36. The van der Waals surface area contributed by atoms with E-state index in [1.165, 1.54) is 4.90 Å². The zero-order valence-corrected chi connectivity index (χ0v) is 21.3. The van der Waals surface area contributed by atoms with Gasteiger partial charge in [-0.25, -0.2) is 0 Å². The molecule has 0 unspecified atom stereocenters. The predicted molar refractivity (Wildman–Crippen MR) is 142 cm³/mol. The number of amides is 2. The number of rotatable bonds is 8. The molecule has 8 nitrogen and oxygen atoms in total. The van der Waals surface area contributed by atoms with Crippen LogP contribution in [0.4, 0.5) is 0 Å². The molecule has 2 amide bonds. The molecule has 1 N–H and O–H groups in total. The molecule has 0 spiro atoms. The van der Waals surface area contributed by atoms with Crippen LogP contribution >= 0.6 is 0 Å². The van der Waals surface area contributed by atoms with Crippen molar-refractivity contribution in [1.82, 2.24) is 9.80 Å². The summed E-state index contributed by atoms with van der Waals surface area (Å²) in [5.41, 5.74) is 1.21. The molecular formula is C30H32N2O6. The maximum Gasteiger partial charge on any atom is 0.261 e.